The minimum atomic E-state index is -0.240. The van der Waals surface area contributed by atoms with E-state index in [0.717, 1.165) is 25.9 Å². The predicted octanol–water partition coefficient (Wildman–Crippen LogP) is 1.42. The third kappa shape index (κ3) is 2.97. The number of hydrogen-bond donors (Lipinski definition) is 1. The molecule has 0 bridgehead atoms. The van der Waals surface area contributed by atoms with Crippen molar-refractivity contribution in [3.05, 3.63) is 0 Å². The van der Waals surface area contributed by atoms with Crippen LogP contribution in [-0.4, -0.2) is 35.2 Å². The van der Waals surface area contributed by atoms with Crippen LogP contribution in [0.1, 0.15) is 25.7 Å². The van der Waals surface area contributed by atoms with Gasteiger partial charge in [-0.3, -0.25) is 4.90 Å². The van der Waals surface area contributed by atoms with Gasteiger partial charge in [-0.25, -0.2) is 0 Å². The topological polar surface area (TPSA) is 23.5 Å². The maximum Gasteiger partial charge on any atom is 0.107 e. The quantitative estimate of drug-likeness (QED) is 0.657. The second-order valence-electron chi connectivity index (χ2n) is 3.05. The molecule has 11 heavy (non-hydrogen) atoms. The monoisotopic (exact) mass is 177 g/mol. The second-order valence-corrected chi connectivity index (χ2v) is 3.43. The van der Waals surface area contributed by atoms with Crippen molar-refractivity contribution in [1.29, 1.82) is 0 Å². The Labute approximate surface area is 73.1 Å². The van der Waals surface area contributed by atoms with Crippen LogP contribution in [0.2, 0.25) is 0 Å². The molecule has 1 heterocycles. The molecule has 0 aromatic rings. The third-order valence-corrected chi connectivity index (χ3v) is 2.43. The number of halogens is 1. The average Bonchev–Trinajstić information content (AvgIpc) is 2.52. The van der Waals surface area contributed by atoms with Crippen LogP contribution in [-0.2, 0) is 0 Å². The molecule has 0 spiro atoms. The summed E-state index contributed by atoms with van der Waals surface area (Å²) in [4.78, 5) is 2.13. The number of likely N-dealkylation sites (tertiary alicyclic amines) is 1. The van der Waals surface area contributed by atoms with E-state index >= 15 is 0 Å². The van der Waals surface area contributed by atoms with E-state index in [-0.39, 0.29) is 6.23 Å². The van der Waals surface area contributed by atoms with Gasteiger partial charge < -0.3 is 5.11 Å². The normalized spacial score (nSPS) is 22.4. The molecule has 0 amide bonds. The van der Waals surface area contributed by atoms with E-state index in [1.807, 2.05) is 0 Å². The standard InChI is InChI=1S/C8H16ClNO/c9-5-3-4-8(11)10-6-1-2-7-10/h8,11H,1-7H2. The van der Waals surface area contributed by atoms with Gasteiger partial charge in [0.1, 0.15) is 6.23 Å². The van der Waals surface area contributed by atoms with E-state index in [0.29, 0.717) is 5.88 Å². The summed E-state index contributed by atoms with van der Waals surface area (Å²) >= 11 is 5.52. The summed E-state index contributed by atoms with van der Waals surface area (Å²) < 4.78 is 0. The zero-order valence-electron chi connectivity index (χ0n) is 6.80. The Morgan fingerprint density at radius 1 is 1.36 bits per heavy atom. The summed E-state index contributed by atoms with van der Waals surface area (Å²) in [5.41, 5.74) is 0. The van der Waals surface area contributed by atoms with Gasteiger partial charge in [-0.15, -0.1) is 11.6 Å². The van der Waals surface area contributed by atoms with Gasteiger partial charge in [0.2, 0.25) is 0 Å². The molecule has 1 fully saturated rings. The molecular formula is C8H16ClNO. The summed E-state index contributed by atoms with van der Waals surface area (Å²) in [6, 6.07) is 0. The third-order valence-electron chi connectivity index (χ3n) is 2.16. The van der Waals surface area contributed by atoms with E-state index in [1.54, 1.807) is 0 Å². The Morgan fingerprint density at radius 2 is 2.00 bits per heavy atom. The molecule has 1 aliphatic heterocycles. The van der Waals surface area contributed by atoms with Crippen molar-refractivity contribution in [2.75, 3.05) is 19.0 Å². The lowest BCUT2D eigenvalue weighted by Gasteiger charge is -2.21. The van der Waals surface area contributed by atoms with Gasteiger partial charge in [0.15, 0.2) is 0 Å². The zero-order valence-corrected chi connectivity index (χ0v) is 7.56. The van der Waals surface area contributed by atoms with Crippen LogP contribution in [0.3, 0.4) is 0 Å². The number of nitrogens with zero attached hydrogens (tertiary/aromatic N) is 1. The molecule has 1 unspecified atom stereocenters. The number of hydrogen-bond acceptors (Lipinski definition) is 2. The number of rotatable bonds is 4. The van der Waals surface area contributed by atoms with Crippen molar-refractivity contribution in [2.45, 2.75) is 31.9 Å². The minimum absolute atomic E-state index is 0.240. The SMILES string of the molecule is OC(CCCCl)N1CCCC1. The lowest BCUT2D eigenvalue weighted by atomic mass is 10.3. The maximum absolute atomic E-state index is 9.55. The van der Waals surface area contributed by atoms with Gasteiger partial charge in [0, 0.05) is 19.0 Å². The molecule has 66 valence electrons. The molecule has 0 aromatic heterocycles. The highest BCUT2D eigenvalue weighted by molar-refractivity contribution is 6.17. The molecule has 2 nitrogen and oxygen atoms in total. The summed E-state index contributed by atoms with van der Waals surface area (Å²) in [6.07, 6.45) is 3.97. The van der Waals surface area contributed by atoms with Crippen LogP contribution < -0.4 is 0 Å². The average molecular weight is 178 g/mol. The van der Waals surface area contributed by atoms with Crippen molar-refractivity contribution >= 4 is 11.6 Å². The molecule has 0 aliphatic carbocycles. The van der Waals surface area contributed by atoms with Gasteiger partial charge in [0.25, 0.3) is 0 Å². The Kier molecular flexibility index (Phi) is 4.20. The van der Waals surface area contributed by atoms with Crippen molar-refractivity contribution < 1.29 is 5.11 Å². The lowest BCUT2D eigenvalue weighted by Crippen LogP contribution is -2.32. The predicted molar refractivity (Wildman–Crippen MR) is 46.8 cm³/mol. The van der Waals surface area contributed by atoms with E-state index in [1.165, 1.54) is 12.8 Å². The van der Waals surface area contributed by atoms with Crippen molar-refractivity contribution in [3.63, 3.8) is 0 Å². The smallest absolute Gasteiger partial charge is 0.107 e. The number of aliphatic hydroxyl groups is 1. The first-order valence-electron chi connectivity index (χ1n) is 4.32. The summed E-state index contributed by atoms with van der Waals surface area (Å²) in [7, 11) is 0. The lowest BCUT2D eigenvalue weighted by molar-refractivity contribution is 0.0137. The Morgan fingerprint density at radius 3 is 2.55 bits per heavy atom. The molecule has 0 aromatic carbocycles. The van der Waals surface area contributed by atoms with Crippen molar-refractivity contribution in [2.24, 2.45) is 0 Å². The van der Waals surface area contributed by atoms with E-state index < -0.39 is 0 Å². The first kappa shape index (κ1) is 9.30. The van der Waals surface area contributed by atoms with Gasteiger partial charge in [-0.2, -0.15) is 0 Å². The highest BCUT2D eigenvalue weighted by Crippen LogP contribution is 2.13. The fourth-order valence-corrected chi connectivity index (χ4v) is 1.64. The fraction of sp³-hybridized carbons (Fsp3) is 1.00. The van der Waals surface area contributed by atoms with Crippen LogP contribution in [0.5, 0.6) is 0 Å². The molecule has 0 radical (unpaired) electrons. The largest absolute Gasteiger partial charge is 0.378 e. The maximum atomic E-state index is 9.55. The van der Waals surface area contributed by atoms with Crippen LogP contribution in [0.15, 0.2) is 0 Å². The van der Waals surface area contributed by atoms with E-state index in [9.17, 15) is 5.11 Å². The van der Waals surface area contributed by atoms with Gasteiger partial charge >= 0.3 is 0 Å². The summed E-state index contributed by atoms with van der Waals surface area (Å²) in [5.74, 6) is 0.658. The molecule has 0 saturated carbocycles. The number of aliphatic hydroxyl groups excluding tert-OH is 1. The first-order valence-corrected chi connectivity index (χ1v) is 4.86. The molecular weight excluding hydrogens is 162 g/mol. The van der Waals surface area contributed by atoms with Crippen LogP contribution in [0, 0.1) is 0 Å². The highest BCUT2D eigenvalue weighted by Gasteiger charge is 2.18. The molecule has 1 saturated heterocycles. The van der Waals surface area contributed by atoms with Gasteiger partial charge in [-0.05, 0) is 25.7 Å². The van der Waals surface area contributed by atoms with Gasteiger partial charge in [0.05, 0.1) is 0 Å². The Bertz CT molecular complexity index is 104. The molecule has 1 aliphatic rings. The minimum Gasteiger partial charge on any atom is -0.378 e. The van der Waals surface area contributed by atoms with E-state index in [2.05, 4.69) is 4.90 Å². The van der Waals surface area contributed by atoms with E-state index in [4.69, 9.17) is 11.6 Å². The molecule has 3 heteroatoms. The van der Waals surface area contributed by atoms with Crippen molar-refractivity contribution in [3.8, 4) is 0 Å². The molecule has 1 rings (SSSR count). The Balaban J connectivity index is 2.12. The first-order chi connectivity index (χ1) is 5.34. The summed E-state index contributed by atoms with van der Waals surface area (Å²) in [5, 5.41) is 9.55. The second kappa shape index (κ2) is 4.96. The van der Waals surface area contributed by atoms with Crippen LogP contribution in [0.25, 0.3) is 0 Å². The Hall–Kier alpha value is 0.210. The molecule has 1 N–H and O–H groups in total. The molecule has 1 atom stereocenters. The number of alkyl halides is 1. The fourth-order valence-electron chi connectivity index (χ4n) is 1.48. The summed E-state index contributed by atoms with van der Waals surface area (Å²) in [6.45, 7) is 2.12. The van der Waals surface area contributed by atoms with Crippen LogP contribution in [0.4, 0.5) is 0 Å². The van der Waals surface area contributed by atoms with Gasteiger partial charge in [-0.1, -0.05) is 0 Å². The highest BCUT2D eigenvalue weighted by atomic mass is 35.5. The van der Waals surface area contributed by atoms with Crippen LogP contribution >= 0.6 is 11.6 Å². The zero-order chi connectivity index (χ0) is 8.10. The van der Waals surface area contributed by atoms with Crippen molar-refractivity contribution in [1.82, 2.24) is 4.90 Å².